The second-order valence-electron chi connectivity index (χ2n) is 6.22. The topological polar surface area (TPSA) is 47.6 Å². The molecule has 2 aromatic rings. The summed E-state index contributed by atoms with van der Waals surface area (Å²) in [6, 6.07) is 9.47. The standard InChI is InChI=1S/C19H19BrFNO3/c1-11(2)18(12-3-6-16-17(9-12)25-8-7-24-16)22-19(23)14-10-13(21)4-5-15(14)20/h3-6,9-11,18H,7-8H2,1-2H3,(H,22,23). The van der Waals surface area contributed by atoms with E-state index in [1.165, 1.54) is 18.2 Å². The first-order valence-electron chi connectivity index (χ1n) is 8.11. The molecule has 0 radical (unpaired) electrons. The van der Waals surface area contributed by atoms with E-state index in [2.05, 4.69) is 21.2 Å². The molecule has 0 aromatic heterocycles. The number of hydrogen-bond acceptors (Lipinski definition) is 3. The molecule has 1 N–H and O–H groups in total. The zero-order chi connectivity index (χ0) is 18.0. The molecule has 0 bridgehead atoms. The number of carbonyl (C=O) groups is 1. The number of nitrogens with one attached hydrogen (secondary N) is 1. The van der Waals surface area contributed by atoms with E-state index < -0.39 is 5.82 Å². The van der Waals surface area contributed by atoms with Crippen molar-refractivity contribution in [3.05, 3.63) is 57.8 Å². The number of benzene rings is 2. The monoisotopic (exact) mass is 407 g/mol. The van der Waals surface area contributed by atoms with Crippen molar-refractivity contribution in [3.8, 4) is 11.5 Å². The van der Waals surface area contributed by atoms with E-state index in [9.17, 15) is 9.18 Å². The van der Waals surface area contributed by atoms with Crippen molar-refractivity contribution in [3.63, 3.8) is 0 Å². The third kappa shape index (κ3) is 3.95. The molecule has 0 fully saturated rings. The molecular weight excluding hydrogens is 389 g/mol. The summed E-state index contributed by atoms with van der Waals surface area (Å²) in [6.45, 7) is 5.07. The molecular formula is C19H19BrFNO3. The first-order chi connectivity index (χ1) is 12.0. The van der Waals surface area contributed by atoms with Crippen LogP contribution in [0.25, 0.3) is 0 Å². The Kier molecular flexibility index (Phi) is 5.27. The van der Waals surface area contributed by atoms with Crippen LogP contribution in [0.2, 0.25) is 0 Å². The Morgan fingerprint density at radius 1 is 1.12 bits per heavy atom. The summed E-state index contributed by atoms with van der Waals surface area (Å²) in [5, 5.41) is 2.99. The van der Waals surface area contributed by atoms with Crippen molar-refractivity contribution < 1.29 is 18.7 Å². The van der Waals surface area contributed by atoms with Gasteiger partial charge in [-0.3, -0.25) is 4.79 Å². The number of amides is 1. The Morgan fingerprint density at radius 3 is 2.56 bits per heavy atom. The summed E-state index contributed by atoms with van der Waals surface area (Å²) in [5.74, 6) is 0.736. The normalized spacial score (nSPS) is 14.3. The second-order valence-corrected chi connectivity index (χ2v) is 7.08. The Bertz CT molecular complexity index is 794. The molecule has 1 atom stereocenters. The van der Waals surface area contributed by atoms with Crippen molar-refractivity contribution in [2.75, 3.05) is 13.2 Å². The lowest BCUT2D eigenvalue weighted by molar-refractivity contribution is 0.0924. The lowest BCUT2D eigenvalue weighted by Gasteiger charge is -2.25. The van der Waals surface area contributed by atoms with Crippen LogP contribution in [-0.4, -0.2) is 19.1 Å². The predicted molar refractivity (Wildman–Crippen MR) is 96.6 cm³/mol. The molecule has 1 amide bonds. The summed E-state index contributed by atoms with van der Waals surface area (Å²) in [7, 11) is 0. The third-order valence-corrected chi connectivity index (χ3v) is 4.74. The third-order valence-electron chi connectivity index (χ3n) is 4.05. The highest BCUT2D eigenvalue weighted by atomic mass is 79.9. The van der Waals surface area contributed by atoms with Gasteiger partial charge in [0.25, 0.3) is 5.91 Å². The summed E-state index contributed by atoms with van der Waals surface area (Å²) in [4.78, 5) is 12.6. The zero-order valence-corrected chi connectivity index (χ0v) is 15.6. The van der Waals surface area contributed by atoms with Crippen LogP contribution in [-0.2, 0) is 0 Å². The molecule has 2 aromatic carbocycles. The van der Waals surface area contributed by atoms with Crippen LogP contribution in [0.15, 0.2) is 40.9 Å². The van der Waals surface area contributed by atoms with Crippen LogP contribution in [0.1, 0.15) is 35.8 Å². The van der Waals surface area contributed by atoms with Gasteiger partial charge >= 0.3 is 0 Å². The molecule has 0 saturated carbocycles. The van der Waals surface area contributed by atoms with Gasteiger partial charge in [0.15, 0.2) is 11.5 Å². The summed E-state index contributed by atoms with van der Waals surface area (Å²) in [5.41, 5.74) is 1.18. The minimum absolute atomic E-state index is 0.138. The van der Waals surface area contributed by atoms with Crippen molar-refractivity contribution >= 4 is 21.8 Å². The lowest BCUT2D eigenvalue weighted by atomic mass is 9.95. The molecule has 1 unspecified atom stereocenters. The maximum absolute atomic E-state index is 13.5. The van der Waals surface area contributed by atoms with Crippen LogP contribution in [0.5, 0.6) is 11.5 Å². The molecule has 1 aliphatic rings. The number of carbonyl (C=O) groups excluding carboxylic acids is 1. The average molecular weight is 408 g/mol. The van der Waals surface area contributed by atoms with E-state index in [1.54, 1.807) is 0 Å². The first kappa shape index (κ1) is 17.7. The molecule has 25 heavy (non-hydrogen) atoms. The van der Waals surface area contributed by atoms with E-state index in [4.69, 9.17) is 9.47 Å². The van der Waals surface area contributed by atoms with Crippen LogP contribution in [0.4, 0.5) is 4.39 Å². The Balaban J connectivity index is 1.86. The van der Waals surface area contributed by atoms with E-state index in [0.717, 1.165) is 5.56 Å². The van der Waals surface area contributed by atoms with Gasteiger partial charge in [-0.05, 0) is 57.7 Å². The highest BCUT2D eigenvalue weighted by Crippen LogP contribution is 2.34. The Labute approximate surface area is 154 Å². The van der Waals surface area contributed by atoms with Gasteiger partial charge in [0.05, 0.1) is 11.6 Å². The van der Waals surface area contributed by atoms with Crippen LogP contribution < -0.4 is 14.8 Å². The van der Waals surface area contributed by atoms with Gasteiger partial charge in [-0.1, -0.05) is 19.9 Å². The highest BCUT2D eigenvalue weighted by Gasteiger charge is 2.23. The number of hydrogen-bond donors (Lipinski definition) is 1. The van der Waals surface area contributed by atoms with E-state index in [-0.39, 0.29) is 23.4 Å². The van der Waals surface area contributed by atoms with Crippen LogP contribution in [0.3, 0.4) is 0 Å². The Morgan fingerprint density at radius 2 is 1.84 bits per heavy atom. The molecule has 1 heterocycles. The molecule has 1 aliphatic heterocycles. The van der Waals surface area contributed by atoms with Crippen molar-refractivity contribution in [2.45, 2.75) is 19.9 Å². The highest BCUT2D eigenvalue weighted by molar-refractivity contribution is 9.10. The van der Waals surface area contributed by atoms with Crippen molar-refractivity contribution in [1.29, 1.82) is 0 Å². The fraction of sp³-hybridized carbons (Fsp3) is 0.316. The predicted octanol–water partition coefficient (Wildman–Crippen LogP) is 4.49. The molecule has 6 heteroatoms. The van der Waals surface area contributed by atoms with Gasteiger partial charge in [-0.25, -0.2) is 4.39 Å². The fourth-order valence-corrected chi connectivity index (χ4v) is 3.21. The summed E-state index contributed by atoms with van der Waals surface area (Å²) < 4.78 is 25.2. The van der Waals surface area contributed by atoms with E-state index in [0.29, 0.717) is 29.2 Å². The largest absolute Gasteiger partial charge is 0.486 e. The minimum Gasteiger partial charge on any atom is -0.486 e. The number of fused-ring (bicyclic) bond motifs is 1. The smallest absolute Gasteiger partial charge is 0.253 e. The first-order valence-corrected chi connectivity index (χ1v) is 8.90. The van der Waals surface area contributed by atoms with E-state index in [1.807, 2.05) is 32.0 Å². The van der Waals surface area contributed by atoms with Crippen molar-refractivity contribution in [1.82, 2.24) is 5.32 Å². The van der Waals surface area contributed by atoms with Crippen LogP contribution >= 0.6 is 15.9 Å². The maximum atomic E-state index is 13.5. The van der Waals surface area contributed by atoms with Crippen LogP contribution in [0, 0.1) is 11.7 Å². The Hall–Kier alpha value is -2.08. The summed E-state index contributed by atoms with van der Waals surface area (Å²) >= 11 is 3.30. The molecule has 0 spiro atoms. The lowest BCUT2D eigenvalue weighted by Crippen LogP contribution is -2.32. The van der Waals surface area contributed by atoms with Crippen molar-refractivity contribution in [2.24, 2.45) is 5.92 Å². The summed E-state index contributed by atoms with van der Waals surface area (Å²) in [6.07, 6.45) is 0. The molecule has 132 valence electrons. The molecule has 3 rings (SSSR count). The minimum atomic E-state index is -0.450. The average Bonchev–Trinajstić information content (AvgIpc) is 2.60. The van der Waals surface area contributed by atoms with Gasteiger partial charge in [-0.15, -0.1) is 0 Å². The van der Waals surface area contributed by atoms with Gasteiger partial charge in [0, 0.05) is 4.47 Å². The quantitative estimate of drug-likeness (QED) is 0.811. The number of rotatable bonds is 4. The fourth-order valence-electron chi connectivity index (χ4n) is 2.78. The second kappa shape index (κ2) is 7.44. The molecule has 0 saturated heterocycles. The SMILES string of the molecule is CC(C)C(NC(=O)c1cc(F)ccc1Br)c1ccc2c(c1)OCCO2. The zero-order valence-electron chi connectivity index (χ0n) is 14.0. The van der Waals surface area contributed by atoms with Gasteiger partial charge < -0.3 is 14.8 Å². The van der Waals surface area contributed by atoms with Gasteiger partial charge in [-0.2, -0.15) is 0 Å². The maximum Gasteiger partial charge on any atom is 0.253 e. The number of ether oxygens (including phenoxy) is 2. The molecule has 0 aliphatic carbocycles. The van der Waals surface area contributed by atoms with Gasteiger partial charge in [0.1, 0.15) is 19.0 Å². The number of halogens is 2. The molecule has 4 nitrogen and oxygen atoms in total. The van der Waals surface area contributed by atoms with E-state index >= 15 is 0 Å². The van der Waals surface area contributed by atoms with Gasteiger partial charge in [0.2, 0.25) is 0 Å².